The molecule has 0 fully saturated rings. The van der Waals surface area contributed by atoms with Gasteiger partial charge in [-0.25, -0.2) is 18.0 Å². The van der Waals surface area contributed by atoms with E-state index in [-0.39, 0.29) is 11.3 Å². The normalized spacial score (nSPS) is 12.4. The number of nitrogens with one attached hydrogen (secondary N) is 1. The molecule has 0 radical (unpaired) electrons. The third-order valence-corrected chi connectivity index (χ3v) is 9.01. The number of aromatic carboxylic acids is 2. The van der Waals surface area contributed by atoms with E-state index in [2.05, 4.69) is 10.2 Å². The van der Waals surface area contributed by atoms with Crippen molar-refractivity contribution in [2.24, 2.45) is 10.2 Å². The molecule has 4 aromatic rings. The lowest BCUT2D eigenvalue weighted by molar-refractivity contribution is 0.0684. The molecule has 44 heavy (non-hydrogen) atoms. The Morgan fingerprint density at radius 3 is 1.86 bits per heavy atom. The highest BCUT2D eigenvalue weighted by Crippen LogP contribution is 2.46. The van der Waals surface area contributed by atoms with Crippen molar-refractivity contribution < 1.29 is 64.4 Å². The summed E-state index contributed by atoms with van der Waals surface area (Å²) in [6.45, 7) is 0. The van der Waals surface area contributed by atoms with E-state index in [1.807, 2.05) is 4.72 Å². The monoisotopic (exact) mass is 667 g/mol. The number of benzene rings is 4. The van der Waals surface area contributed by atoms with Crippen LogP contribution < -0.4 is 4.72 Å². The number of hydrogen-bond donors (Lipinski definition) is 7. The number of carboxylic acids is 2. The van der Waals surface area contributed by atoms with Gasteiger partial charge in [0.2, 0.25) is 0 Å². The summed E-state index contributed by atoms with van der Waals surface area (Å²) >= 11 is 0. The lowest BCUT2D eigenvalue weighted by Crippen LogP contribution is -2.14. The number of fused-ring (bicyclic) bond motifs is 1. The Labute approximate surface area is 246 Å². The fourth-order valence-electron chi connectivity index (χ4n) is 3.87. The van der Waals surface area contributed by atoms with Crippen molar-refractivity contribution >= 4 is 70.0 Å². The molecule has 0 amide bonds. The molecule has 0 unspecified atom stereocenters. The molecule has 20 heteroatoms. The van der Waals surface area contributed by atoms with E-state index in [1.54, 1.807) is 0 Å². The SMILES string of the molecule is O=C(O)c1ccc(N=Nc2c(S(=O)(=O)O)cc3c(S(=O)(=O)O)ccc(NS(=O)(=O)c4ccc(O)c(C(=O)O)c4)c3c2O)cc1. The summed E-state index contributed by atoms with van der Waals surface area (Å²) in [7, 11) is -15.3. The largest absolute Gasteiger partial charge is 0.507 e. The number of anilines is 1. The highest BCUT2D eigenvalue weighted by molar-refractivity contribution is 7.92. The standard InChI is InChI=1S/C24H17N3O14S3/c28-17-7-5-13(9-14(17)24(32)33)42(34,35)27-16-6-8-18(43(36,37)38)15-10-19(44(39,40)41)21(22(29)20(15)16)26-25-12-3-1-11(2-4-12)23(30)31/h1-10,27-29H,(H,30,31)(H,32,33)(H,36,37,38)(H,39,40,41). The molecular formula is C24H17N3O14S3. The minimum atomic E-state index is -5.33. The molecule has 0 saturated heterocycles. The first kappa shape index (κ1) is 31.8. The van der Waals surface area contributed by atoms with Crippen LogP contribution in [0.15, 0.2) is 85.6 Å². The van der Waals surface area contributed by atoms with Crippen molar-refractivity contribution in [2.75, 3.05) is 4.72 Å². The molecule has 0 aliphatic rings. The molecule has 4 rings (SSSR count). The zero-order valence-corrected chi connectivity index (χ0v) is 23.8. The number of nitrogens with zero attached hydrogens (tertiary/aromatic N) is 2. The minimum absolute atomic E-state index is 0.0787. The van der Waals surface area contributed by atoms with Crippen molar-refractivity contribution in [1.29, 1.82) is 0 Å². The van der Waals surface area contributed by atoms with Crippen LogP contribution in [0, 0.1) is 0 Å². The molecule has 230 valence electrons. The maximum atomic E-state index is 13.2. The van der Waals surface area contributed by atoms with E-state index >= 15 is 0 Å². The summed E-state index contributed by atoms with van der Waals surface area (Å²) in [4.78, 5) is 19.5. The van der Waals surface area contributed by atoms with Crippen LogP contribution in [0.4, 0.5) is 17.1 Å². The quantitative estimate of drug-likeness (QED) is 0.0995. The van der Waals surface area contributed by atoms with Gasteiger partial charge in [-0.1, -0.05) is 0 Å². The second-order valence-corrected chi connectivity index (χ2v) is 13.2. The van der Waals surface area contributed by atoms with E-state index < -0.39 is 96.1 Å². The topological polar surface area (TPSA) is 295 Å². The molecule has 0 bridgehead atoms. The van der Waals surface area contributed by atoms with Gasteiger partial charge in [-0.15, -0.1) is 5.11 Å². The Morgan fingerprint density at radius 2 is 1.32 bits per heavy atom. The van der Waals surface area contributed by atoms with Crippen LogP contribution in [0.25, 0.3) is 10.8 Å². The summed E-state index contributed by atoms with van der Waals surface area (Å²) in [6.07, 6.45) is 0. The maximum Gasteiger partial charge on any atom is 0.339 e. The van der Waals surface area contributed by atoms with E-state index in [4.69, 9.17) is 5.11 Å². The van der Waals surface area contributed by atoms with E-state index in [9.17, 15) is 59.3 Å². The summed E-state index contributed by atoms with van der Waals surface area (Å²) in [5, 5.41) is 44.8. The summed E-state index contributed by atoms with van der Waals surface area (Å²) in [6, 6.07) is 8.60. The van der Waals surface area contributed by atoms with Crippen LogP contribution in [-0.2, 0) is 30.3 Å². The smallest absolute Gasteiger partial charge is 0.339 e. The van der Waals surface area contributed by atoms with Crippen LogP contribution in [0.5, 0.6) is 11.5 Å². The second-order valence-electron chi connectivity index (χ2n) is 8.70. The zero-order chi connectivity index (χ0) is 32.8. The van der Waals surface area contributed by atoms with E-state index in [0.29, 0.717) is 18.2 Å². The molecule has 0 aliphatic carbocycles. The molecule has 0 aliphatic heterocycles. The van der Waals surface area contributed by atoms with Gasteiger partial charge in [0.15, 0.2) is 5.75 Å². The van der Waals surface area contributed by atoms with Crippen LogP contribution in [0.2, 0.25) is 0 Å². The van der Waals surface area contributed by atoms with Gasteiger partial charge in [0.25, 0.3) is 30.3 Å². The van der Waals surface area contributed by atoms with Crippen LogP contribution >= 0.6 is 0 Å². The Hall–Kier alpha value is -5.15. The first-order chi connectivity index (χ1) is 20.3. The highest BCUT2D eigenvalue weighted by Gasteiger charge is 2.29. The maximum absolute atomic E-state index is 13.2. The van der Waals surface area contributed by atoms with Crippen LogP contribution in [-0.4, -0.2) is 66.7 Å². The van der Waals surface area contributed by atoms with Crippen molar-refractivity contribution in [2.45, 2.75) is 14.7 Å². The summed E-state index contributed by atoms with van der Waals surface area (Å²) < 4.78 is 96.6. The summed E-state index contributed by atoms with van der Waals surface area (Å²) in [5.41, 5.74) is -2.67. The summed E-state index contributed by atoms with van der Waals surface area (Å²) in [5.74, 6) is -4.96. The van der Waals surface area contributed by atoms with Gasteiger partial charge < -0.3 is 20.4 Å². The predicted molar refractivity (Wildman–Crippen MR) is 149 cm³/mol. The zero-order valence-electron chi connectivity index (χ0n) is 21.3. The fourth-order valence-corrected chi connectivity index (χ4v) is 6.30. The van der Waals surface area contributed by atoms with E-state index in [1.165, 1.54) is 0 Å². The molecule has 0 saturated carbocycles. The molecule has 0 spiro atoms. The van der Waals surface area contributed by atoms with Crippen molar-refractivity contribution in [3.8, 4) is 11.5 Å². The number of phenolic OH excluding ortho intramolecular Hbond substituents is 1. The number of sulfonamides is 1. The van der Waals surface area contributed by atoms with Gasteiger partial charge in [0, 0.05) is 5.39 Å². The van der Waals surface area contributed by atoms with Crippen molar-refractivity contribution in [3.63, 3.8) is 0 Å². The van der Waals surface area contributed by atoms with Crippen LogP contribution in [0.1, 0.15) is 20.7 Å². The Balaban J connectivity index is 2.00. The molecule has 7 N–H and O–H groups in total. The van der Waals surface area contributed by atoms with E-state index in [0.717, 1.165) is 42.5 Å². The average molecular weight is 668 g/mol. The van der Waals surface area contributed by atoms with Gasteiger partial charge in [-0.05, 0) is 60.7 Å². The lowest BCUT2D eigenvalue weighted by atomic mass is 10.1. The van der Waals surface area contributed by atoms with Crippen LogP contribution in [0.3, 0.4) is 0 Å². The second kappa shape index (κ2) is 11.2. The molecule has 17 nitrogen and oxygen atoms in total. The van der Waals surface area contributed by atoms with Gasteiger partial charge in [-0.3, -0.25) is 13.8 Å². The Bertz CT molecular complexity index is 2230. The van der Waals surface area contributed by atoms with Gasteiger partial charge in [0.1, 0.15) is 26.8 Å². The third kappa shape index (κ3) is 6.28. The Kier molecular flexibility index (Phi) is 8.06. The number of aromatic hydroxyl groups is 2. The van der Waals surface area contributed by atoms with Gasteiger partial charge >= 0.3 is 11.9 Å². The fraction of sp³-hybridized carbons (Fsp3) is 0. The lowest BCUT2D eigenvalue weighted by Gasteiger charge is -2.16. The molecular weight excluding hydrogens is 650 g/mol. The minimum Gasteiger partial charge on any atom is -0.507 e. The number of azo groups is 1. The predicted octanol–water partition coefficient (Wildman–Crippen LogP) is 3.36. The highest BCUT2D eigenvalue weighted by atomic mass is 32.2. The molecule has 4 aromatic carbocycles. The Morgan fingerprint density at radius 1 is 0.705 bits per heavy atom. The number of carbonyl (C=O) groups is 2. The third-order valence-electron chi connectivity index (χ3n) is 5.86. The molecule has 0 aromatic heterocycles. The van der Waals surface area contributed by atoms with Crippen molar-refractivity contribution in [3.05, 3.63) is 71.8 Å². The van der Waals surface area contributed by atoms with Crippen molar-refractivity contribution in [1.82, 2.24) is 0 Å². The first-order valence-electron chi connectivity index (χ1n) is 11.4. The number of phenols is 2. The molecule has 0 heterocycles. The number of hydrogen-bond acceptors (Lipinski definition) is 12. The van der Waals surface area contributed by atoms with Gasteiger partial charge in [-0.2, -0.15) is 21.9 Å². The van der Waals surface area contributed by atoms with Gasteiger partial charge in [0.05, 0.1) is 27.2 Å². The average Bonchev–Trinajstić information content (AvgIpc) is 2.91. The first-order valence-corrected chi connectivity index (χ1v) is 15.8. The molecule has 0 atom stereocenters. The number of rotatable bonds is 9. The number of carboxylic acid groups (broad SMARTS) is 2.